The Bertz CT molecular complexity index is 589. The van der Waals surface area contributed by atoms with Crippen LogP contribution in [0.4, 0.5) is 5.69 Å². The Balaban J connectivity index is 1.99. The summed E-state index contributed by atoms with van der Waals surface area (Å²) in [6, 6.07) is 16.2. The Kier molecular flexibility index (Phi) is 2.63. The first kappa shape index (κ1) is 11.0. The largest absolute Gasteiger partial charge is 0.325 e. The summed E-state index contributed by atoms with van der Waals surface area (Å²) in [4.78, 5) is 12.1. The Morgan fingerprint density at radius 3 is 2.67 bits per heavy atom. The van der Waals surface area contributed by atoms with E-state index >= 15 is 0 Å². The number of carbonyl (C=O) groups is 1. The number of carbonyl (C=O) groups excluding carboxylic acids is 1. The molecule has 2 nitrogen and oxygen atoms in total. The molecule has 1 aliphatic heterocycles. The predicted octanol–water partition coefficient (Wildman–Crippen LogP) is 3.27. The highest BCUT2D eigenvalue weighted by Gasteiger charge is 2.27. The summed E-state index contributed by atoms with van der Waals surface area (Å²) in [7, 11) is 0. The van der Waals surface area contributed by atoms with Crippen LogP contribution in [0, 0.1) is 6.92 Å². The van der Waals surface area contributed by atoms with E-state index in [4.69, 9.17) is 0 Å². The maximum absolute atomic E-state index is 12.1. The zero-order valence-electron chi connectivity index (χ0n) is 10.3. The van der Waals surface area contributed by atoms with Gasteiger partial charge in [0.25, 0.3) is 0 Å². The summed E-state index contributed by atoms with van der Waals surface area (Å²) in [5.41, 5.74) is 4.50. The first-order chi connectivity index (χ1) is 8.74. The third-order valence-corrected chi connectivity index (χ3v) is 3.46. The Hall–Kier alpha value is -2.09. The van der Waals surface area contributed by atoms with Gasteiger partial charge in [0.05, 0.1) is 5.92 Å². The summed E-state index contributed by atoms with van der Waals surface area (Å²) >= 11 is 0. The van der Waals surface area contributed by atoms with E-state index in [1.807, 2.05) is 42.5 Å². The number of anilines is 1. The highest BCUT2D eigenvalue weighted by atomic mass is 16.1. The molecule has 1 heterocycles. The van der Waals surface area contributed by atoms with E-state index in [1.165, 1.54) is 11.1 Å². The quantitative estimate of drug-likeness (QED) is 0.810. The van der Waals surface area contributed by atoms with Crippen molar-refractivity contribution in [2.24, 2.45) is 0 Å². The van der Waals surface area contributed by atoms with Gasteiger partial charge in [-0.3, -0.25) is 4.79 Å². The van der Waals surface area contributed by atoms with E-state index in [9.17, 15) is 4.79 Å². The van der Waals surface area contributed by atoms with Gasteiger partial charge in [-0.15, -0.1) is 0 Å². The summed E-state index contributed by atoms with van der Waals surface area (Å²) in [5.74, 6) is 0.0260. The molecule has 0 aliphatic carbocycles. The molecule has 0 aromatic heterocycles. The van der Waals surface area contributed by atoms with Gasteiger partial charge in [-0.2, -0.15) is 0 Å². The maximum Gasteiger partial charge on any atom is 0.232 e. The lowest BCUT2D eigenvalue weighted by molar-refractivity contribution is -0.117. The standard InChI is InChI=1S/C16H15NO/c1-11-7-8-15-13(9-11)10-14(16(18)17-15)12-5-3-2-4-6-12/h2-9,14H,10H2,1H3,(H,17,18). The maximum atomic E-state index is 12.1. The lowest BCUT2D eigenvalue weighted by Gasteiger charge is -2.25. The van der Waals surface area contributed by atoms with E-state index in [1.54, 1.807) is 0 Å². The zero-order chi connectivity index (χ0) is 12.5. The molecule has 0 bridgehead atoms. The van der Waals surface area contributed by atoms with Crippen molar-refractivity contribution in [3.8, 4) is 0 Å². The molecule has 3 rings (SSSR count). The molecule has 1 unspecified atom stereocenters. The van der Waals surface area contributed by atoms with Gasteiger partial charge in [-0.1, -0.05) is 48.0 Å². The third kappa shape index (κ3) is 1.90. The molecule has 1 aliphatic rings. The van der Waals surface area contributed by atoms with Crippen LogP contribution in [0.1, 0.15) is 22.6 Å². The first-order valence-electron chi connectivity index (χ1n) is 6.19. The summed E-state index contributed by atoms with van der Waals surface area (Å²) < 4.78 is 0. The minimum atomic E-state index is -0.0690. The van der Waals surface area contributed by atoms with Crippen LogP contribution in [-0.4, -0.2) is 5.91 Å². The van der Waals surface area contributed by atoms with Crippen LogP contribution in [-0.2, 0) is 11.2 Å². The van der Waals surface area contributed by atoms with Crippen molar-refractivity contribution in [2.45, 2.75) is 19.3 Å². The topological polar surface area (TPSA) is 29.1 Å². The Morgan fingerprint density at radius 2 is 1.89 bits per heavy atom. The Morgan fingerprint density at radius 1 is 1.11 bits per heavy atom. The normalized spacial score (nSPS) is 18.1. The molecule has 0 fully saturated rings. The minimum absolute atomic E-state index is 0.0690. The monoisotopic (exact) mass is 237 g/mol. The van der Waals surface area contributed by atoms with E-state index in [2.05, 4.69) is 18.3 Å². The van der Waals surface area contributed by atoms with Crippen LogP contribution in [0.15, 0.2) is 48.5 Å². The summed E-state index contributed by atoms with van der Waals surface area (Å²) in [6.07, 6.45) is 0.785. The van der Waals surface area contributed by atoms with E-state index < -0.39 is 0 Å². The Labute approximate surface area is 107 Å². The fraction of sp³-hybridized carbons (Fsp3) is 0.188. The minimum Gasteiger partial charge on any atom is -0.325 e. The fourth-order valence-corrected chi connectivity index (χ4v) is 2.50. The number of benzene rings is 2. The van der Waals surface area contributed by atoms with Crippen molar-refractivity contribution < 1.29 is 4.79 Å². The van der Waals surface area contributed by atoms with Gasteiger partial charge in [0.15, 0.2) is 0 Å². The van der Waals surface area contributed by atoms with E-state index in [0.717, 1.165) is 17.7 Å². The molecular weight excluding hydrogens is 222 g/mol. The average Bonchev–Trinajstić information content (AvgIpc) is 2.39. The molecule has 90 valence electrons. The molecule has 2 aromatic carbocycles. The third-order valence-electron chi connectivity index (χ3n) is 3.46. The van der Waals surface area contributed by atoms with E-state index in [-0.39, 0.29) is 11.8 Å². The number of hydrogen-bond acceptors (Lipinski definition) is 1. The van der Waals surface area contributed by atoms with Gasteiger partial charge in [0.1, 0.15) is 0 Å². The fourth-order valence-electron chi connectivity index (χ4n) is 2.50. The SMILES string of the molecule is Cc1ccc2c(c1)CC(c1ccccc1)C(=O)N2. The van der Waals surface area contributed by atoms with Gasteiger partial charge < -0.3 is 5.32 Å². The molecule has 1 atom stereocenters. The number of fused-ring (bicyclic) bond motifs is 1. The molecule has 0 spiro atoms. The molecule has 18 heavy (non-hydrogen) atoms. The van der Waals surface area contributed by atoms with Crippen LogP contribution in [0.3, 0.4) is 0 Å². The van der Waals surface area contributed by atoms with Crippen molar-refractivity contribution in [1.82, 2.24) is 0 Å². The van der Waals surface area contributed by atoms with Gasteiger partial charge >= 0.3 is 0 Å². The lowest BCUT2D eigenvalue weighted by Crippen LogP contribution is -2.28. The highest BCUT2D eigenvalue weighted by Crippen LogP contribution is 2.31. The summed E-state index contributed by atoms with van der Waals surface area (Å²) in [6.45, 7) is 2.08. The van der Waals surface area contributed by atoms with Crippen LogP contribution in [0.5, 0.6) is 0 Å². The van der Waals surface area contributed by atoms with Crippen molar-refractivity contribution in [3.63, 3.8) is 0 Å². The lowest BCUT2D eigenvalue weighted by atomic mass is 9.87. The second-order valence-corrected chi connectivity index (χ2v) is 4.82. The van der Waals surface area contributed by atoms with Crippen molar-refractivity contribution >= 4 is 11.6 Å². The number of rotatable bonds is 1. The average molecular weight is 237 g/mol. The van der Waals surface area contributed by atoms with Gasteiger partial charge in [-0.25, -0.2) is 0 Å². The molecule has 1 N–H and O–H groups in total. The molecule has 0 saturated heterocycles. The number of nitrogens with one attached hydrogen (secondary N) is 1. The van der Waals surface area contributed by atoms with Crippen molar-refractivity contribution in [2.75, 3.05) is 5.32 Å². The number of hydrogen-bond donors (Lipinski definition) is 1. The second-order valence-electron chi connectivity index (χ2n) is 4.82. The van der Waals surface area contributed by atoms with Crippen molar-refractivity contribution in [1.29, 1.82) is 0 Å². The van der Waals surface area contributed by atoms with Crippen LogP contribution < -0.4 is 5.32 Å². The zero-order valence-corrected chi connectivity index (χ0v) is 10.3. The molecule has 1 amide bonds. The van der Waals surface area contributed by atoms with Crippen molar-refractivity contribution in [3.05, 3.63) is 65.2 Å². The van der Waals surface area contributed by atoms with Crippen LogP contribution >= 0.6 is 0 Å². The van der Waals surface area contributed by atoms with Gasteiger partial charge in [-0.05, 0) is 30.5 Å². The van der Waals surface area contributed by atoms with Crippen LogP contribution in [0.25, 0.3) is 0 Å². The van der Waals surface area contributed by atoms with Gasteiger partial charge in [0.2, 0.25) is 5.91 Å². The summed E-state index contributed by atoms with van der Waals surface area (Å²) in [5, 5.41) is 3.00. The highest BCUT2D eigenvalue weighted by molar-refractivity contribution is 5.99. The molecule has 0 saturated carbocycles. The molecular formula is C16H15NO. The second kappa shape index (κ2) is 4.30. The van der Waals surface area contributed by atoms with Gasteiger partial charge in [0, 0.05) is 5.69 Å². The molecule has 0 radical (unpaired) electrons. The number of aryl methyl sites for hydroxylation is 1. The number of amides is 1. The smallest absolute Gasteiger partial charge is 0.232 e. The first-order valence-corrected chi connectivity index (χ1v) is 6.19. The van der Waals surface area contributed by atoms with Crippen LogP contribution in [0.2, 0.25) is 0 Å². The molecule has 2 aromatic rings. The molecule has 2 heteroatoms. The van der Waals surface area contributed by atoms with E-state index in [0.29, 0.717) is 0 Å². The predicted molar refractivity (Wildman–Crippen MR) is 72.7 cm³/mol.